The van der Waals surface area contributed by atoms with Gasteiger partial charge in [0.2, 0.25) is 6.54 Å². The van der Waals surface area contributed by atoms with Gasteiger partial charge in [0.25, 0.3) is 5.79 Å². The second kappa shape index (κ2) is 5.54. The summed E-state index contributed by atoms with van der Waals surface area (Å²) in [6.45, 7) is 6.19. The number of esters is 2. The van der Waals surface area contributed by atoms with Gasteiger partial charge in [0.05, 0.1) is 0 Å². The van der Waals surface area contributed by atoms with E-state index >= 15 is 0 Å². The van der Waals surface area contributed by atoms with Gasteiger partial charge in [-0.15, -0.1) is 0 Å². The van der Waals surface area contributed by atoms with Crippen molar-refractivity contribution in [3.05, 3.63) is 10.1 Å². The largest absolute Gasteiger partial charge is 0.422 e. The first-order valence-corrected chi connectivity index (χ1v) is 6.20. The minimum atomic E-state index is -1.30. The molecule has 1 aliphatic heterocycles. The van der Waals surface area contributed by atoms with Crippen LogP contribution < -0.4 is 0 Å². The van der Waals surface area contributed by atoms with Crippen LogP contribution in [-0.2, 0) is 19.1 Å². The van der Waals surface area contributed by atoms with Crippen LogP contribution >= 0.6 is 0 Å². The molecule has 0 saturated carbocycles. The van der Waals surface area contributed by atoms with E-state index in [4.69, 9.17) is 9.47 Å². The Labute approximate surface area is 111 Å². The van der Waals surface area contributed by atoms with Gasteiger partial charge < -0.3 is 9.47 Å². The van der Waals surface area contributed by atoms with Crippen LogP contribution in [0.1, 0.15) is 34.1 Å². The molecule has 0 amide bonds. The highest BCUT2D eigenvalue weighted by Gasteiger charge is 2.48. The van der Waals surface area contributed by atoms with E-state index in [0.717, 1.165) is 0 Å². The summed E-state index contributed by atoms with van der Waals surface area (Å²) in [6.07, 6.45) is 0.385. The molecule has 108 valence electrons. The Morgan fingerprint density at radius 3 is 2.11 bits per heavy atom. The summed E-state index contributed by atoms with van der Waals surface area (Å²) in [4.78, 5) is 33.9. The highest BCUT2D eigenvalue weighted by Crippen LogP contribution is 2.31. The molecule has 19 heavy (non-hydrogen) atoms. The number of nitro groups is 1. The topological polar surface area (TPSA) is 95.7 Å². The lowest BCUT2D eigenvalue weighted by Crippen LogP contribution is -2.50. The quantitative estimate of drug-likeness (QED) is 0.325. The second-order valence-electron chi connectivity index (χ2n) is 5.62. The normalized spacial score (nSPS) is 20.9. The maximum atomic E-state index is 11.9. The fourth-order valence-electron chi connectivity index (χ4n) is 2.23. The molecule has 1 fully saturated rings. The van der Waals surface area contributed by atoms with Crippen molar-refractivity contribution in [1.82, 2.24) is 0 Å². The zero-order valence-electron chi connectivity index (χ0n) is 11.5. The van der Waals surface area contributed by atoms with E-state index in [1.165, 1.54) is 13.8 Å². The molecular formula is C12H19NO6. The Morgan fingerprint density at radius 2 is 1.74 bits per heavy atom. The first-order valence-electron chi connectivity index (χ1n) is 6.20. The van der Waals surface area contributed by atoms with Gasteiger partial charge in [-0.2, -0.15) is 0 Å². The van der Waals surface area contributed by atoms with E-state index in [1.54, 1.807) is 0 Å². The average molecular weight is 273 g/mol. The summed E-state index contributed by atoms with van der Waals surface area (Å²) in [6, 6.07) is 0. The van der Waals surface area contributed by atoms with Gasteiger partial charge in [0, 0.05) is 24.7 Å². The van der Waals surface area contributed by atoms with Crippen molar-refractivity contribution in [3.8, 4) is 0 Å². The van der Waals surface area contributed by atoms with Crippen molar-refractivity contribution >= 4 is 11.9 Å². The van der Waals surface area contributed by atoms with Crippen LogP contribution in [0.2, 0.25) is 0 Å². The van der Waals surface area contributed by atoms with Gasteiger partial charge in [-0.25, -0.2) is 0 Å². The van der Waals surface area contributed by atoms with Crippen molar-refractivity contribution in [2.45, 2.75) is 39.9 Å². The Hall–Kier alpha value is -1.66. The van der Waals surface area contributed by atoms with E-state index in [-0.39, 0.29) is 5.92 Å². The van der Waals surface area contributed by atoms with Gasteiger partial charge in [0.1, 0.15) is 0 Å². The third kappa shape index (κ3) is 4.18. The van der Waals surface area contributed by atoms with Crippen molar-refractivity contribution in [2.24, 2.45) is 17.8 Å². The summed E-state index contributed by atoms with van der Waals surface area (Å²) in [5, 5.41) is 10.7. The van der Waals surface area contributed by atoms with E-state index in [2.05, 4.69) is 0 Å². The van der Waals surface area contributed by atoms with Crippen LogP contribution in [0.4, 0.5) is 0 Å². The van der Waals surface area contributed by atoms with Crippen molar-refractivity contribution in [1.29, 1.82) is 0 Å². The first kappa shape index (κ1) is 15.4. The molecule has 7 heteroatoms. The molecule has 0 aromatic rings. The van der Waals surface area contributed by atoms with Crippen LogP contribution in [0, 0.1) is 27.9 Å². The number of rotatable bonds is 5. The summed E-state index contributed by atoms with van der Waals surface area (Å²) >= 11 is 0. The average Bonchev–Trinajstić information content (AvgIpc) is 2.10. The lowest BCUT2D eigenvalue weighted by Gasteiger charge is -2.35. The van der Waals surface area contributed by atoms with Gasteiger partial charge >= 0.3 is 11.9 Å². The molecule has 0 unspecified atom stereocenters. The maximum Gasteiger partial charge on any atom is 0.324 e. The smallest absolute Gasteiger partial charge is 0.324 e. The Balaban J connectivity index is 2.91. The van der Waals surface area contributed by atoms with Crippen LogP contribution in [0.15, 0.2) is 0 Å². The summed E-state index contributed by atoms with van der Waals surface area (Å²) < 4.78 is 9.99. The van der Waals surface area contributed by atoms with Crippen molar-refractivity contribution < 1.29 is 24.0 Å². The lowest BCUT2D eigenvalue weighted by molar-refractivity contribution is -0.490. The molecule has 1 aliphatic rings. The predicted molar refractivity (Wildman–Crippen MR) is 64.6 cm³/mol. The number of hydrogen-bond donors (Lipinski definition) is 0. The highest BCUT2D eigenvalue weighted by atomic mass is 16.7. The standard InChI is InChI=1S/C12H19NO6/c1-7(2)5-8(6-13(16)17)9-10(14)18-12(3,4)19-11(9)15/h7-9H,5-6H2,1-4H3/t8-/m1/s1. The molecule has 0 radical (unpaired) electrons. The summed E-state index contributed by atoms with van der Waals surface area (Å²) in [5.41, 5.74) is 0. The molecule has 0 spiro atoms. The molecule has 0 aliphatic carbocycles. The molecule has 7 nitrogen and oxygen atoms in total. The van der Waals surface area contributed by atoms with Gasteiger partial charge in [0.15, 0.2) is 5.92 Å². The van der Waals surface area contributed by atoms with E-state index in [9.17, 15) is 19.7 Å². The maximum absolute atomic E-state index is 11.9. The van der Waals surface area contributed by atoms with E-state index < -0.39 is 41.0 Å². The molecular weight excluding hydrogens is 254 g/mol. The van der Waals surface area contributed by atoms with Gasteiger partial charge in [-0.1, -0.05) is 13.8 Å². The summed E-state index contributed by atoms with van der Waals surface area (Å²) in [5.74, 6) is -4.57. The molecule has 1 saturated heterocycles. The van der Waals surface area contributed by atoms with Crippen LogP contribution in [-0.4, -0.2) is 29.2 Å². The molecule has 0 aromatic carbocycles. The van der Waals surface area contributed by atoms with Crippen LogP contribution in [0.5, 0.6) is 0 Å². The second-order valence-corrected chi connectivity index (χ2v) is 5.62. The molecule has 0 N–H and O–H groups in total. The van der Waals surface area contributed by atoms with Crippen molar-refractivity contribution in [3.63, 3.8) is 0 Å². The first-order chi connectivity index (χ1) is 8.62. The molecule has 1 rings (SSSR count). The highest BCUT2D eigenvalue weighted by molar-refractivity contribution is 5.97. The van der Waals surface area contributed by atoms with Crippen molar-refractivity contribution in [2.75, 3.05) is 6.54 Å². The monoisotopic (exact) mass is 273 g/mol. The fraction of sp³-hybridized carbons (Fsp3) is 0.833. The number of ether oxygens (including phenoxy) is 2. The van der Waals surface area contributed by atoms with Crippen LogP contribution in [0.25, 0.3) is 0 Å². The Morgan fingerprint density at radius 1 is 1.26 bits per heavy atom. The number of carbonyl (C=O) groups excluding carboxylic acids is 2. The summed E-state index contributed by atoms with van der Waals surface area (Å²) in [7, 11) is 0. The zero-order chi connectivity index (χ0) is 14.8. The molecule has 0 aromatic heterocycles. The minimum absolute atomic E-state index is 0.125. The molecule has 0 bridgehead atoms. The number of carbonyl (C=O) groups is 2. The number of nitrogens with zero attached hydrogens (tertiary/aromatic N) is 1. The molecule has 1 heterocycles. The van der Waals surface area contributed by atoms with Crippen LogP contribution in [0.3, 0.4) is 0 Å². The SMILES string of the molecule is CC(C)C[C@H](C[N+](=O)[O-])C1C(=O)OC(C)(C)OC1=O. The number of hydrogen-bond acceptors (Lipinski definition) is 6. The predicted octanol–water partition coefficient (Wildman–Crippen LogP) is 1.38. The van der Waals surface area contributed by atoms with E-state index in [0.29, 0.717) is 6.42 Å². The van der Waals surface area contributed by atoms with E-state index in [1.807, 2.05) is 13.8 Å². The third-order valence-electron chi connectivity index (χ3n) is 2.83. The van der Waals surface area contributed by atoms with Gasteiger partial charge in [-0.3, -0.25) is 19.7 Å². The zero-order valence-corrected chi connectivity index (χ0v) is 11.5. The van der Waals surface area contributed by atoms with Gasteiger partial charge in [-0.05, 0) is 12.3 Å². The molecule has 1 atom stereocenters. The lowest BCUT2D eigenvalue weighted by atomic mass is 9.84. The number of cyclic esters (lactones) is 2. The fourth-order valence-corrected chi connectivity index (χ4v) is 2.23. The Bertz CT molecular complexity index is 370. The minimum Gasteiger partial charge on any atom is -0.422 e. The Kier molecular flexibility index (Phi) is 4.49. The third-order valence-corrected chi connectivity index (χ3v) is 2.83.